The molecule has 1 aliphatic rings. The van der Waals surface area contributed by atoms with Gasteiger partial charge in [0.2, 0.25) is 0 Å². The second kappa shape index (κ2) is 5.04. The average molecular weight is 174 g/mol. The third kappa shape index (κ3) is 3.04. The maximum absolute atomic E-state index is 4.84. The van der Waals surface area contributed by atoms with Crippen LogP contribution >= 0.6 is 12.9 Å². The largest absolute Gasteiger partial charge is 0.318 e. The Morgan fingerprint density at radius 1 is 1.18 bits per heavy atom. The lowest BCUT2D eigenvalue weighted by atomic mass is 9.81. The van der Waals surface area contributed by atoms with Gasteiger partial charge in [-0.3, -0.25) is 0 Å². The number of thiol groups is 1. The van der Waals surface area contributed by atoms with Crippen LogP contribution in [0, 0.1) is 11.8 Å². The van der Waals surface area contributed by atoms with E-state index in [-0.39, 0.29) is 0 Å². The third-order valence-corrected chi connectivity index (χ3v) is 3.00. The van der Waals surface area contributed by atoms with Crippen LogP contribution in [0.3, 0.4) is 0 Å². The zero-order chi connectivity index (χ0) is 8.10. The molecule has 0 N–H and O–H groups in total. The van der Waals surface area contributed by atoms with Gasteiger partial charge in [-0.15, -0.1) is 0 Å². The Balaban J connectivity index is 2.14. The van der Waals surface area contributed by atoms with Crippen molar-refractivity contribution >= 4 is 12.9 Å². The topological polar surface area (TPSA) is 9.23 Å². The molecule has 0 spiro atoms. The SMILES string of the molecule is CCC1CCC(COS)CC1. The van der Waals surface area contributed by atoms with E-state index in [1.165, 1.54) is 32.1 Å². The Hall–Kier alpha value is 0.310. The molecule has 11 heavy (non-hydrogen) atoms. The van der Waals surface area contributed by atoms with Gasteiger partial charge in [-0.2, -0.15) is 0 Å². The normalized spacial score (nSPS) is 32.2. The maximum atomic E-state index is 4.84. The van der Waals surface area contributed by atoms with Gasteiger partial charge in [-0.1, -0.05) is 26.2 Å². The van der Waals surface area contributed by atoms with Crippen LogP contribution in [0.5, 0.6) is 0 Å². The van der Waals surface area contributed by atoms with Crippen molar-refractivity contribution in [3.63, 3.8) is 0 Å². The van der Waals surface area contributed by atoms with E-state index in [1.807, 2.05) is 0 Å². The highest BCUT2D eigenvalue weighted by Gasteiger charge is 2.19. The lowest BCUT2D eigenvalue weighted by Crippen LogP contribution is -2.16. The molecule has 66 valence electrons. The fourth-order valence-electron chi connectivity index (χ4n) is 1.91. The first-order valence-corrected chi connectivity index (χ1v) is 4.99. The summed E-state index contributed by atoms with van der Waals surface area (Å²) in [5, 5.41) is 0. The molecule has 1 fully saturated rings. The molecular weight excluding hydrogens is 156 g/mol. The van der Waals surface area contributed by atoms with Crippen molar-refractivity contribution in [2.75, 3.05) is 6.61 Å². The maximum Gasteiger partial charge on any atom is 0.0638 e. The molecule has 0 radical (unpaired) electrons. The van der Waals surface area contributed by atoms with Gasteiger partial charge in [0.15, 0.2) is 0 Å². The van der Waals surface area contributed by atoms with E-state index in [4.69, 9.17) is 4.18 Å². The van der Waals surface area contributed by atoms with Gasteiger partial charge in [-0.05, 0) is 37.6 Å². The molecule has 1 rings (SSSR count). The van der Waals surface area contributed by atoms with Crippen LogP contribution in [-0.2, 0) is 4.18 Å². The lowest BCUT2D eigenvalue weighted by Gasteiger charge is -2.26. The van der Waals surface area contributed by atoms with Crippen LogP contribution in [0.1, 0.15) is 39.0 Å². The summed E-state index contributed by atoms with van der Waals surface area (Å²) < 4.78 is 4.84. The molecule has 0 aromatic heterocycles. The van der Waals surface area contributed by atoms with Crippen molar-refractivity contribution < 1.29 is 4.18 Å². The molecule has 1 saturated carbocycles. The summed E-state index contributed by atoms with van der Waals surface area (Å²) in [5.41, 5.74) is 0. The van der Waals surface area contributed by atoms with Gasteiger partial charge in [-0.25, -0.2) is 0 Å². The molecule has 0 amide bonds. The molecule has 2 heteroatoms. The fraction of sp³-hybridized carbons (Fsp3) is 1.00. The summed E-state index contributed by atoms with van der Waals surface area (Å²) in [6, 6.07) is 0. The Morgan fingerprint density at radius 3 is 2.18 bits per heavy atom. The summed E-state index contributed by atoms with van der Waals surface area (Å²) in [6.07, 6.45) is 6.85. The van der Waals surface area contributed by atoms with Gasteiger partial charge in [0.1, 0.15) is 0 Å². The molecule has 0 heterocycles. The van der Waals surface area contributed by atoms with E-state index in [2.05, 4.69) is 19.8 Å². The molecule has 0 aromatic carbocycles. The predicted octanol–water partition coefficient (Wildman–Crippen LogP) is 3.06. The molecule has 0 saturated heterocycles. The van der Waals surface area contributed by atoms with Crippen LogP contribution in [0.2, 0.25) is 0 Å². The highest BCUT2D eigenvalue weighted by atomic mass is 32.1. The average Bonchev–Trinajstić information content (AvgIpc) is 2.07. The number of rotatable bonds is 3. The van der Waals surface area contributed by atoms with Crippen molar-refractivity contribution in [3.8, 4) is 0 Å². The Bertz CT molecular complexity index is 97.7. The molecule has 0 aliphatic heterocycles. The molecule has 1 nitrogen and oxygen atoms in total. The van der Waals surface area contributed by atoms with Gasteiger partial charge in [0, 0.05) is 0 Å². The summed E-state index contributed by atoms with van der Waals surface area (Å²) in [6.45, 7) is 3.14. The first kappa shape index (κ1) is 9.40. The molecule has 0 bridgehead atoms. The lowest BCUT2D eigenvalue weighted by molar-refractivity contribution is 0.201. The minimum atomic E-state index is 0.787. The highest BCUT2D eigenvalue weighted by Crippen LogP contribution is 2.30. The summed E-state index contributed by atoms with van der Waals surface area (Å²) in [7, 11) is 0. The van der Waals surface area contributed by atoms with Gasteiger partial charge in [0.25, 0.3) is 0 Å². The quantitative estimate of drug-likeness (QED) is 0.511. The van der Waals surface area contributed by atoms with Crippen molar-refractivity contribution in [2.24, 2.45) is 11.8 Å². The van der Waals surface area contributed by atoms with Gasteiger partial charge < -0.3 is 4.18 Å². The second-order valence-corrected chi connectivity index (χ2v) is 3.85. The van der Waals surface area contributed by atoms with Crippen molar-refractivity contribution in [2.45, 2.75) is 39.0 Å². The van der Waals surface area contributed by atoms with E-state index < -0.39 is 0 Å². The fourth-order valence-corrected chi connectivity index (χ4v) is 2.12. The third-order valence-electron chi connectivity index (χ3n) is 2.85. The monoisotopic (exact) mass is 174 g/mol. The Morgan fingerprint density at radius 2 is 1.73 bits per heavy atom. The van der Waals surface area contributed by atoms with Crippen molar-refractivity contribution in [1.29, 1.82) is 0 Å². The molecule has 0 atom stereocenters. The first-order chi connectivity index (χ1) is 5.36. The van der Waals surface area contributed by atoms with Crippen molar-refractivity contribution in [1.82, 2.24) is 0 Å². The molecule has 0 aromatic rings. The minimum Gasteiger partial charge on any atom is -0.318 e. The summed E-state index contributed by atoms with van der Waals surface area (Å²) in [4.78, 5) is 0. The van der Waals surface area contributed by atoms with Crippen LogP contribution in [0.4, 0.5) is 0 Å². The highest BCUT2D eigenvalue weighted by molar-refractivity contribution is 7.75. The number of hydrogen-bond acceptors (Lipinski definition) is 2. The first-order valence-electron chi connectivity index (χ1n) is 4.63. The summed E-state index contributed by atoms with van der Waals surface area (Å²) >= 11 is 3.78. The van der Waals surface area contributed by atoms with E-state index in [1.54, 1.807) is 0 Å². The Kier molecular flexibility index (Phi) is 4.31. The molecule has 1 aliphatic carbocycles. The standard InChI is InChI=1S/C9H18OS/c1-2-8-3-5-9(6-4-8)7-10-11/h8-9,11H,2-7H2,1H3. The number of hydrogen-bond donors (Lipinski definition) is 1. The van der Waals surface area contributed by atoms with E-state index in [0.717, 1.165) is 18.4 Å². The minimum absolute atomic E-state index is 0.787. The van der Waals surface area contributed by atoms with Gasteiger partial charge in [0.05, 0.1) is 6.61 Å². The van der Waals surface area contributed by atoms with Crippen molar-refractivity contribution in [3.05, 3.63) is 0 Å². The van der Waals surface area contributed by atoms with Crippen LogP contribution < -0.4 is 0 Å². The van der Waals surface area contributed by atoms with E-state index >= 15 is 0 Å². The summed E-state index contributed by atoms with van der Waals surface area (Å²) in [5.74, 6) is 1.78. The molecule has 0 unspecified atom stereocenters. The van der Waals surface area contributed by atoms with Gasteiger partial charge >= 0.3 is 0 Å². The second-order valence-electron chi connectivity index (χ2n) is 3.59. The van der Waals surface area contributed by atoms with E-state index in [0.29, 0.717) is 0 Å². The Labute approximate surface area is 75.1 Å². The van der Waals surface area contributed by atoms with E-state index in [9.17, 15) is 0 Å². The zero-order valence-electron chi connectivity index (χ0n) is 7.25. The van der Waals surface area contributed by atoms with Crippen LogP contribution in [-0.4, -0.2) is 6.61 Å². The van der Waals surface area contributed by atoms with Crippen LogP contribution in [0.25, 0.3) is 0 Å². The predicted molar refractivity (Wildman–Crippen MR) is 50.7 cm³/mol. The zero-order valence-corrected chi connectivity index (χ0v) is 8.15. The van der Waals surface area contributed by atoms with Crippen LogP contribution in [0.15, 0.2) is 0 Å². The smallest absolute Gasteiger partial charge is 0.0638 e. The molecular formula is C9H18OS.